The maximum Gasteiger partial charge on any atom is 0.408 e. The molecule has 2 heterocycles. The lowest BCUT2D eigenvalue weighted by molar-refractivity contribution is -0.145. The van der Waals surface area contributed by atoms with E-state index in [0.717, 1.165) is 16.5 Å². The summed E-state index contributed by atoms with van der Waals surface area (Å²) in [6, 6.07) is 4.23. The number of guanidine groups is 1. The van der Waals surface area contributed by atoms with Gasteiger partial charge in [-0.05, 0) is 45.2 Å². The maximum absolute atomic E-state index is 13.7. The minimum Gasteiger partial charge on any atom is -0.467 e. The summed E-state index contributed by atoms with van der Waals surface area (Å²) in [6.07, 6.45) is 4.61. The van der Waals surface area contributed by atoms with E-state index in [0.29, 0.717) is 12.1 Å². The first-order valence-corrected chi connectivity index (χ1v) is 14.1. The van der Waals surface area contributed by atoms with Crippen molar-refractivity contribution in [2.75, 3.05) is 13.7 Å². The van der Waals surface area contributed by atoms with E-state index < -0.39 is 47.6 Å². The van der Waals surface area contributed by atoms with Crippen LogP contribution in [0.25, 0.3) is 10.9 Å². The number of para-hydroxylation sites is 1. The molecule has 0 aliphatic heterocycles. The number of ether oxygens (including phenoxy) is 2. The van der Waals surface area contributed by atoms with Crippen LogP contribution >= 0.6 is 0 Å². The molecule has 15 heteroatoms. The molecule has 3 amide bonds. The summed E-state index contributed by atoms with van der Waals surface area (Å²) in [5, 5.41) is 8.92. The number of imidazole rings is 1. The number of esters is 1. The fourth-order valence-corrected chi connectivity index (χ4v) is 4.44. The summed E-state index contributed by atoms with van der Waals surface area (Å²) >= 11 is 0. The van der Waals surface area contributed by atoms with Crippen LogP contribution in [-0.2, 0) is 36.7 Å². The molecule has 0 fully saturated rings. The predicted molar refractivity (Wildman–Crippen MR) is 163 cm³/mol. The Balaban J connectivity index is 1.87. The topological polar surface area (TPSA) is 232 Å². The maximum atomic E-state index is 13.7. The molecule has 3 aromatic rings. The Morgan fingerprint density at radius 3 is 2.30 bits per heavy atom. The van der Waals surface area contributed by atoms with Gasteiger partial charge < -0.3 is 46.9 Å². The largest absolute Gasteiger partial charge is 0.467 e. The summed E-state index contributed by atoms with van der Waals surface area (Å²) in [7, 11) is 1.21. The van der Waals surface area contributed by atoms with Gasteiger partial charge in [0.15, 0.2) is 5.96 Å². The second kappa shape index (κ2) is 15.4. The number of benzene rings is 1. The molecule has 0 spiro atoms. The summed E-state index contributed by atoms with van der Waals surface area (Å²) in [5.74, 6) is -2.02. The molecule has 15 nitrogen and oxygen atoms in total. The van der Waals surface area contributed by atoms with Gasteiger partial charge in [0.2, 0.25) is 11.8 Å². The van der Waals surface area contributed by atoms with E-state index in [-0.39, 0.29) is 31.8 Å². The van der Waals surface area contributed by atoms with Crippen LogP contribution in [0.15, 0.2) is 48.0 Å². The van der Waals surface area contributed by atoms with Gasteiger partial charge in [0.25, 0.3) is 0 Å². The average Bonchev–Trinajstić information content (AvgIpc) is 3.62. The molecule has 0 unspecified atom stereocenters. The van der Waals surface area contributed by atoms with Crippen molar-refractivity contribution in [3.8, 4) is 0 Å². The van der Waals surface area contributed by atoms with Gasteiger partial charge in [-0.1, -0.05) is 18.2 Å². The number of carbonyl (C=O) groups is 4. The number of rotatable bonds is 14. The Kier molecular flexibility index (Phi) is 11.7. The quantitative estimate of drug-likeness (QED) is 0.0589. The third-order valence-corrected chi connectivity index (χ3v) is 6.47. The van der Waals surface area contributed by atoms with Crippen LogP contribution in [0.4, 0.5) is 4.79 Å². The molecule has 0 saturated heterocycles. The van der Waals surface area contributed by atoms with E-state index in [2.05, 4.69) is 35.9 Å². The molecule has 0 bridgehead atoms. The molecule has 0 aliphatic carbocycles. The van der Waals surface area contributed by atoms with E-state index in [4.69, 9.17) is 20.9 Å². The number of methoxy groups -OCH3 is 1. The number of aromatic nitrogens is 3. The van der Waals surface area contributed by atoms with Gasteiger partial charge in [-0.25, -0.2) is 14.6 Å². The second-order valence-corrected chi connectivity index (χ2v) is 11.1. The van der Waals surface area contributed by atoms with E-state index in [1.807, 2.05) is 24.3 Å². The minimum absolute atomic E-state index is 0.0437. The number of nitrogens with two attached hydrogens (primary N) is 2. The van der Waals surface area contributed by atoms with Crippen LogP contribution < -0.4 is 27.4 Å². The minimum atomic E-state index is -1.14. The Morgan fingerprint density at radius 1 is 0.977 bits per heavy atom. The van der Waals surface area contributed by atoms with Crippen LogP contribution in [0.1, 0.15) is 44.9 Å². The number of alkyl carbamates (subject to hydrolysis) is 1. The SMILES string of the molecule is COC(=O)[C@H](CCCN=C(N)N)NC(=O)[C@H](Cc1c[nH]c2ccccc12)NC(=O)[C@H](Cc1cnc[nH]1)NC(=O)OC(C)(C)C. The average molecular weight is 612 g/mol. The Bertz CT molecular complexity index is 1440. The Labute approximate surface area is 254 Å². The normalized spacial score (nSPS) is 13.3. The van der Waals surface area contributed by atoms with Crippen LogP contribution in [0.2, 0.25) is 0 Å². The van der Waals surface area contributed by atoms with Crippen molar-refractivity contribution in [2.45, 2.75) is 70.2 Å². The van der Waals surface area contributed by atoms with Gasteiger partial charge in [0, 0.05) is 48.4 Å². The number of hydrogen-bond acceptors (Lipinski definition) is 8. The van der Waals surface area contributed by atoms with Gasteiger partial charge >= 0.3 is 12.1 Å². The van der Waals surface area contributed by atoms with Crippen molar-refractivity contribution >= 4 is 40.7 Å². The molecule has 0 radical (unpaired) electrons. The van der Waals surface area contributed by atoms with Crippen molar-refractivity contribution in [1.29, 1.82) is 0 Å². The zero-order valence-corrected chi connectivity index (χ0v) is 25.3. The zero-order valence-electron chi connectivity index (χ0n) is 25.3. The highest BCUT2D eigenvalue weighted by molar-refractivity contribution is 5.94. The number of fused-ring (bicyclic) bond motifs is 1. The third kappa shape index (κ3) is 10.3. The standard InChI is InChI=1S/C29H41N9O6/c1-29(2,3)44-28(42)38-23(13-18-15-32-16-35-18)25(40)37-22(12-17-14-34-20-9-6-5-8-19(17)20)24(39)36-21(26(41)43-4)10-7-11-33-27(30)31/h5-6,8-9,14-16,21-23,34H,7,10-13H2,1-4H3,(H,32,35)(H,36,39)(H,37,40)(H,38,42)(H4,30,31,33)/t21-,22-,23-/m0/s1. The van der Waals surface area contributed by atoms with E-state index in [1.165, 1.54) is 19.6 Å². The van der Waals surface area contributed by atoms with E-state index in [9.17, 15) is 19.2 Å². The van der Waals surface area contributed by atoms with Gasteiger partial charge in [0.1, 0.15) is 23.7 Å². The monoisotopic (exact) mass is 611 g/mol. The number of carbonyl (C=O) groups excluding carboxylic acids is 4. The number of nitrogens with one attached hydrogen (secondary N) is 5. The lowest BCUT2D eigenvalue weighted by atomic mass is 10.0. The summed E-state index contributed by atoms with van der Waals surface area (Å²) in [4.78, 5) is 66.6. The number of hydrogen-bond donors (Lipinski definition) is 7. The first-order valence-electron chi connectivity index (χ1n) is 14.1. The van der Waals surface area contributed by atoms with Crippen molar-refractivity contribution in [2.24, 2.45) is 16.5 Å². The number of H-pyrrole nitrogens is 2. The molecule has 3 rings (SSSR count). The van der Waals surface area contributed by atoms with Crippen molar-refractivity contribution in [3.05, 3.63) is 54.2 Å². The van der Waals surface area contributed by atoms with Crippen LogP contribution in [0.5, 0.6) is 0 Å². The highest BCUT2D eigenvalue weighted by Gasteiger charge is 2.32. The van der Waals surface area contributed by atoms with Gasteiger partial charge in [-0.2, -0.15) is 0 Å². The van der Waals surface area contributed by atoms with Crippen molar-refractivity contribution < 1.29 is 28.7 Å². The second-order valence-electron chi connectivity index (χ2n) is 11.1. The lowest BCUT2D eigenvalue weighted by Gasteiger charge is -2.26. The van der Waals surface area contributed by atoms with Crippen molar-refractivity contribution in [1.82, 2.24) is 30.9 Å². The Morgan fingerprint density at radius 2 is 1.66 bits per heavy atom. The molecular formula is C29H41N9O6. The van der Waals surface area contributed by atoms with Crippen LogP contribution in [0.3, 0.4) is 0 Å². The summed E-state index contributed by atoms with van der Waals surface area (Å²) in [6.45, 7) is 5.35. The van der Waals surface area contributed by atoms with Crippen LogP contribution in [-0.4, -0.2) is 82.2 Å². The summed E-state index contributed by atoms with van der Waals surface area (Å²) in [5.41, 5.74) is 12.1. The molecule has 2 aromatic heterocycles. The first-order chi connectivity index (χ1) is 20.9. The van der Waals surface area contributed by atoms with E-state index >= 15 is 0 Å². The number of amides is 3. The third-order valence-electron chi connectivity index (χ3n) is 6.47. The fraction of sp³-hybridized carbons (Fsp3) is 0.448. The molecule has 1 aromatic carbocycles. The summed E-state index contributed by atoms with van der Waals surface area (Å²) < 4.78 is 10.3. The molecule has 3 atom stereocenters. The molecule has 44 heavy (non-hydrogen) atoms. The highest BCUT2D eigenvalue weighted by atomic mass is 16.6. The number of aromatic amines is 2. The molecule has 0 aliphatic rings. The molecule has 9 N–H and O–H groups in total. The molecule has 0 saturated carbocycles. The van der Waals surface area contributed by atoms with Gasteiger partial charge in [-0.15, -0.1) is 0 Å². The Hall–Kier alpha value is -5.08. The fourth-order valence-electron chi connectivity index (χ4n) is 4.44. The predicted octanol–water partition coefficient (Wildman–Crippen LogP) is 0.766. The van der Waals surface area contributed by atoms with Gasteiger partial charge in [0.05, 0.1) is 13.4 Å². The zero-order chi connectivity index (χ0) is 32.3. The van der Waals surface area contributed by atoms with Crippen LogP contribution in [0, 0.1) is 0 Å². The number of nitrogens with zero attached hydrogens (tertiary/aromatic N) is 2. The van der Waals surface area contributed by atoms with Crippen molar-refractivity contribution in [3.63, 3.8) is 0 Å². The number of aliphatic imine (C=N–C) groups is 1. The van der Waals surface area contributed by atoms with E-state index in [1.54, 1.807) is 27.0 Å². The highest BCUT2D eigenvalue weighted by Crippen LogP contribution is 2.19. The molecular weight excluding hydrogens is 570 g/mol. The smallest absolute Gasteiger partial charge is 0.408 e. The first kappa shape index (κ1) is 33.4. The molecule has 238 valence electrons. The lowest BCUT2D eigenvalue weighted by Crippen LogP contribution is -2.57. The van der Waals surface area contributed by atoms with Gasteiger partial charge in [-0.3, -0.25) is 14.6 Å².